The molecule has 0 spiro atoms. The zero-order valence-corrected chi connectivity index (χ0v) is 16.2. The van der Waals surface area contributed by atoms with Crippen LogP contribution in [0.4, 0.5) is 0 Å². The lowest BCUT2D eigenvalue weighted by Crippen LogP contribution is -2.33. The Morgan fingerprint density at radius 1 is 1.15 bits per heavy atom. The number of fused-ring (bicyclic) bond motifs is 3. The smallest absolute Gasteiger partial charge is 0.271 e. The highest BCUT2D eigenvalue weighted by Crippen LogP contribution is 2.27. The quantitative estimate of drug-likeness (QED) is 0.748. The van der Waals surface area contributed by atoms with E-state index in [0.717, 1.165) is 36.9 Å². The van der Waals surface area contributed by atoms with Crippen LogP contribution in [0.25, 0.3) is 4.96 Å². The van der Waals surface area contributed by atoms with Crippen LogP contribution in [0.5, 0.6) is 0 Å². The van der Waals surface area contributed by atoms with Crippen molar-refractivity contribution in [1.82, 2.24) is 14.7 Å². The maximum absolute atomic E-state index is 13.1. The second-order valence-electron chi connectivity index (χ2n) is 7.09. The number of carbonyl (C=O) groups excluding carboxylic acids is 1. The molecule has 1 N–H and O–H groups in total. The van der Waals surface area contributed by atoms with E-state index in [-0.39, 0.29) is 23.1 Å². The van der Waals surface area contributed by atoms with Crippen molar-refractivity contribution >= 4 is 22.2 Å². The molecule has 2 heterocycles. The number of carbonyl (C=O) groups is 1. The number of hydrogen-bond acceptors (Lipinski definition) is 4. The number of aryl methyl sites for hydroxylation is 2. The van der Waals surface area contributed by atoms with Gasteiger partial charge in [-0.3, -0.25) is 14.0 Å². The van der Waals surface area contributed by atoms with Gasteiger partial charge in [-0.2, -0.15) is 0 Å². The standard InChI is InChI=1S/C21H23N3O2S/c1-14(15-9-5-4-6-10-15)23-19(25)16-13-22-21-24(20(16)26)17-11-7-2-3-8-12-18(17)27-21/h4-6,9-10,13-14H,2-3,7-8,11-12H2,1H3,(H,23,25)/t14-/m0/s1. The lowest BCUT2D eigenvalue weighted by atomic mass is 10.0. The Bertz CT molecular complexity index is 1020. The minimum Gasteiger partial charge on any atom is -0.345 e. The molecule has 1 aliphatic carbocycles. The molecule has 0 saturated heterocycles. The highest BCUT2D eigenvalue weighted by atomic mass is 32.1. The van der Waals surface area contributed by atoms with E-state index < -0.39 is 0 Å². The fourth-order valence-electron chi connectivity index (χ4n) is 3.68. The number of rotatable bonds is 3. The molecule has 140 valence electrons. The molecular formula is C21H23N3O2S. The van der Waals surface area contributed by atoms with E-state index in [9.17, 15) is 9.59 Å². The summed E-state index contributed by atoms with van der Waals surface area (Å²) in [6.07, 6.45) is 7.95. The van der Waals surface area contributed by atoms with Crippen LogP contribution >= 0.6 is 11.3 Å². The highest BCUT2D eigenvalue weighted by molar-refractivity contribution is 7.17. The number of amides is 1. The topological polar surface area (TPSA) is 63.5 Å². The molecule has 1 amide bonds. The predicted molar refractivity (Wildman–Crippen MR) is 108 cm³/mol. The normalized spacial score (nSPS) is 15.6. The molecule has 0 aliphatic heterocycles. The van der Waals surface area contributed by atoms with Crippen molar-refractivity contribution in [2.75, 3.05) is 0 Å². The second kappa shape index (κ2) is 7.64. The SMILES string of the molecule is C[C@H](NC(=O)c1cnc2sc3c(n2c1=O)CCCCCC3)c1ccccc1. The molecule has 1 aromatic carbocycles. The maximum atomic E-state index is 13.1. The summed E-state index contributed by atoms with van der Waals surface area (Å²) in [6.45, 7) is 1.91. The summed E-state index contributed by atoms with van der Waals surface area (Å²) in [5.74, 6) is -0.371. The van der Waals surface area contributed by atoms with Gasteiger partial charge >= 0.3 is 0 Å². The predicted octanol–water partition coefficient (Wildman–Crippen LogP) is 3.91. The van der Waals surface area contributed by atoms with Crippen LogP contribution in [0, 0.1) is 0 Å². The minimum atomic E-state index is -0.371. The summed E-state index contributed by atoms with van der Waals surface area (Å²) >= 11 is 1.59. The number of thiazole rings is 1. The van der Waals surface area contributed by atoms with Gasteiger partial charge in [0.1, 0.15) is 5.56 Å². The number of aromatic nitrogens is 2. The molecule has 6 heteroatoms. The summed E-state index contributed by atoms with van der Waals surface area (Å²) in [4.78, 5) is 32.2. The molecule has 27 heavy (non-hydrogen) atoms. The first-order chi connectivity index (χ1) is 13.1. The summed E-state index contributed by atoms with van der Waals surface area (Å²) < 4.78 is 1.67. The zero-order chi connectivity index (χ0) is 18.8. The molecule has 4 rings (SSSR count). The number of hydrogen-bond donors (Lipinski definition) is 1. The third kappa shape index (κ3) is 3.54. The molecule has 0 unspecified atom stereocenters. The van der Waals surface area contributed by atoms with Crippen LogP contribution in [-0.2, 0) is 12.8 Å². The van der Waals surface area contributed by atoms with Crippen LogP contribution in [-0.4, -0.2) is 15.3 Å². The van der Waals surface area contributed by atoms with Gasteiger partial charge in [0.25, 0.3) is 11.5 Å². The van der Waals surface area contributed by atoms with Gasteiger partial charge < -0.3 is 5.32 Å². The summed E-state index contributed by atoms with van der Waals surface area (Å²) in [6, 6.07) is 9.55. The average molecular weight is 382 g/mol. The number of nitrogens with one attached hydrogen (secondary N) is 1. The summed E-state index contributed by atoms with van der Waals surface area (Å²) in [5.41, 5.74) is 1.91. The monoisotopic (exact) mass is 381 g/mol. The average Bonchev–Trinajstić information content (AvgIpc) is 3.00. The summed E-state index contributed by atoms with van der Waals surface area (Å²) in [5, 5.41) is 2.92. The Balaban J connectivity index is 1.68. The van der Waals surface area contributed by atoms with Crippen LogP contribution < -0.4 is 10.9 Å². The van der Waals surface area contributed by atoms with E-state index in [4.69, 9.17) is 0 Å². The van der Waals surface area contributed by atoms with Gasteiger partial charge in [0.2, 0.25) is 0 Å². The molecule has 5 nitrogen and oxygen atoms in total. The third-order valence-electron chi connectivity index (χ3n) is 5.19. The fraction of sp³-hybridized carbons (Fsp3) is 0.381. The van der Waals surface area contributed by atoms with Crippen molar-refractivity contribution < 1.29 is 4.79 Å². The van der Waals surface area contributed by atoms with Crippen molar-refractivity contribution in [3.63, 3.8) is 0 Å². The Hall–Kier alpha value is -2.47. The van der Waals surface area contributed by atoms with E-state index in [1.54, 1.807) is 15.7 Å². The van der Waals surface area contributed by atoms with Gasteiger partial charge in [-0.05, 0) is 38.2 Å². The first-order valence-electron chi connectivity index (χ1n) is 9.53. The third-order valence-corrected chi connectivity index (χ3v) is 6.35. The van der Waals surface area contributed by atoms with Gasteiger partial charge in [-0.15, -0.1) is 11.3 Å². The number of benzene rings is 1. The van der Waals surface area contributed by atoms with Crippen molar-refractivity contribution in [1.29, 1.82) is 0 Å². The Kier molecular flexibility index (Phi) is 5.07. The van der Waals surface area contributed by atoms with Crippen LogP contribution in [0.1, 0.15) is 65.1 Å². The van der Waals surface area contributed by atoms with Crippen molar-refractivity contribution in [3.8, 4) is 0 Å². The van der Waals surface area contributed by atoms with E-state index in [0.29, 0.717) is 4.96 Å². The molecule has 0 radical (unpaired) electrons. The Morgan fingerprint density at radius 3 is 2.67 bits per heavy atom. The second-order valence-corrected chi connectivity index (χ2v) is 8.15. The molecular weight excluding hydrogens is 358 g/mol. The molecule has 1 atom stereocenters. The molecule has 0 bridgehead atoms. The van der Waals surface area contributed by atoms with Crippen molar-refractivity contribution in [2.24, 2.45) is 0 Å². The van der Waals surface area contributed by atoms with Crippen LogP contribution in [0.15, 0.2) is 41.3 Å². The molecule has 1 aliphatic rings. The molecule has 0 saturated carbocycles. The first-order valence-corrected chi connectivity index (χ1v) is 10.3. The van der Waals surface area contributed by atoms with E-state index in [1.807, 2.05) is 37.3 Å². The van der Waals surface area contributed by atoms with E-state index >= 15 is 0 Å². The Labute approximate surface area is 162 Å². The fourth-order valence-corrected chi connectivity index (χ4v) is 4.84. The van der Waals surface area contributed by atoms with E-state index in [1.165, 1.54) is 23.9 Å². The highest BCUT2D eigenvalue weighted by Gasteiger charge is 2.21. The van der Waals surface area contributed by atoms with Crippen molar-refractivity contribution in [3.05, 3.63) is 68.6 Å². The van der Waals surface area contributed by atoms with Gasteiger partial charge in [0.15, 0.2) is 4.96 Å². The summed E-state index contributed by atoms with van der Waals surface area (Å²) in [7, 11) is 0. The molecule has 3 aromatic rings. The van der Waals surface area contributed by atoms with Gasteiger partial charge in [0.05, 0.1) is 6.04 Å². The van der Waals surface area contributed by atoms with Crippen molar-refractivity contribution in [2.45, 2.75) is 51.5 Å². The number of nitrogens with zero attached hydrogens (tertiary/aromatic N) is 2. The largest absolute Gasteiger partial charge is 0.345 e. The minimum absolute atomic E-state index is 0.109. The lowest BCUT2D eigenvalue weighted by Gasteiger charge is -2.14. The zero-order valence-electron chi connectivity index (χ0n) is 15.4. The maximum Gasteiger partial charge on any atom is 0.271 e. The Morgan fingerprint density at radius 2 is 1.89 bits per heavy atom. The van der Waals surface area contributed by atoms with Crippen LogP contribution in [0.3, 0.4) is 0 Å². The van der Waals surface area contributed by atoms with Gasteiger partial charge in [-0.25, -0.2) is 4.98 Å². The van der Waals surface area contributed by atoms with Gasteiger partial charge in [-0.1, -0.05) is 43.2 Å². The molecule has 2 aromatic heterocycles. The first kappa shape index (κ1) is 17.9. The lowest BCUT2D eigenvalue weighted by molar-refractivity contribution is 0.0938. The van der Waals surface area contributed by atoms with E-state index in [2.05, 4.69) is 10.3 Å². The van der Waals surface area contributed by atoms with Gasteiger partial charge in [0, 0.05) is 16.8 Å². The van der Waals surface area contributed by atoms with Crippen LogP contribution in [0.2, 0.25) is 0 Å². The molecule has 0 fully saturated rings.